The van der Waals surface area contributed by atoms with Crippen LogP contribution in [0, 0.1) is 0 Å². The molecule has 2 aromatic rings. The van der Waals surface area contributed by atoms with E-state index in [9.17, 15) is 9.59 Å². The summed E-state index contributed by atoms with van der Waals surface area (Å²) in [7, 11) is 1.31. The standard InChI is InChI=1S/C15H17N5O4S2/c1-23-14(22)8-13-19(12(21)10-26-13)5-3-7-25-15-16-17-18-20(15)9-11-4-2-6-24-11/h2,4,6,8H,3,5,7,9-10H2,1H3/b13-8+. The first-order chi connectivity index (χ1) is 12.7. The molecule has 3 rings (SSSR count). The van der Waals surface area contributed by atoms with Crippen LogP contribution in [-0.4, -0.2) is 62.1 Å². The summed E-state index contributed by atoms with van der Waals surface area (Å²) >= 11 is 2.85. The van der Waals surface area contributed by atoms with Crippen molar-refractivity contribution in [2.45, 2.75) is 18.1 Å². The highest BCUT2D eigenvalue weighted by Gasteiger charge is 2.26. The van der Waals surface area contributed by atoms with Gasteiger partial charge in [0.1, 0.15) is 12.3 Å². The maximum atomic E-state index is 12.0. The Morgan fingerprint density at radius 3 is 3.19 bits per heavy atom. The number of amides is 1. The summed E-state index contributed by atoms with van der Waals surface area (Å²) in [6, 6.07) is 3.68. The van der Waals surface area contributed by atoms with Gasteiger partial charge in [-0.1, -0.05) is 23.5 Å². The number of esters is 1. The lowest BCUT2D eigenvalue weighted by atomic mass is 10.4. The Labute approximate surface area is 158 Å². The van der Waals surface area contributed by atoms with Crippen molar-refractivity contribution in [1.82, 2.24) is 25.1 Å². The molecule has 0 aliphatic carbocycles. The van der Waals surface area contributed by atoms with Crippen LogP contribution >= 0.6 is 23.5 Å². The molecule has 0 spiro atoms. The van der Waals surface area contributed by atoms with E-state index >= 15 is 0 Å². The maximum absolute atomic E-state index is 12.0. The molecule has 0 radical (unpaired) electrons. The Balaban J connectivity index is 1.50. The van der Waals surface area contributed by atoms with E-state index < -0.39 is 5.97 Å². The predicted molar refractivity (Wildman–Crippen MR) is 95.2 cm³/mol. The van der Waals surface area contributed by atoms with Gasteiger partial charge in [-0.15, -0.1) is 5.10 Å². The molecular formula is C15H17N5O4S2. The Hall–Kier alpha value is -2.27. The molecule has 1 saturated heterocycles. The Kier molecular flexibility index (Phi) is 6.34. The van der Waals surface area contributed by atoms with E-state index in [4.69, 9.17) is 4.42 Å². The lowest BCUT2D eigenvalue weighted by Crippen LogP contribution is -2.26. The van der Waals surface area contributed by atoms with Crippen LogP contribution in [0.5, 0.6) is 0 Å². The minimum atomic E-state index is -0.460. The highest BCUT2D eigenvalue weighted by molar-refractivity contribution is 8.04. The fraction of sp³-hybridized carbons (Fsp3) is 0.400. The lowest BCUT2D eigenvalue weighted by Gasteiger charge is -2.16. The zero-order valence-corrected chi connectivity index (χ0v) is 15.7. The van der Waals surface area contributed by atoms with Crippen molar-refractivity contribution in [2.75, 3.05) is 25.2 Å². The number of tetrazole rings is 1. The molecule has 0 N–H and O–H groups in total. The Morgan fingerprint density at radius 2 is 2.42 bits per heavy atom. The molecule has 1 amide bonds. The molecule has 1 aliphatic heterocycles. The van der Waals surface area contributed by atoms with Gasteiger partial charge in [-0.05, 0) is 29.0 Å². The van der Waals surface area contributed by atoms with E-state index in [1.165, 1.54) is 36.7 Å². The van der Waals surface area contributed by atoms with Crippen molar-refractivity contribution < 1.29 is 18.7 Å². The molecule has 0 bridgehead atoms. The number of hydrogen-bond acceptors (Lipinski definition) is 9. The van der Waals surface area contributed by atoms with Crippen molar-refractivity contribution >= 4 is 35.4 Å². The largest absolute Gasteiger partial charge is 0.467 e. The first-order valence-corrected chi connectivity index (χ1v) is 9.78. The first kappa shape index (κ1) is 18.5. The van der Waals surface area contributed by atoms with Crippen molar-refractivity contribution in [3.05, 3.63) is 35.3 Å². The van der Waals surface area contributed by atoms with Gasteiger partial charge in [-0.2, -0.15) is 0 Å². The van der Waals surface area contributed by atoms with Crippen LogP contribution in [0.15, 0.2) is 39.1 Å². The number of ether oxygens (including phenoxy) is 1. The number of furan rings is 1. The van der Waals surface area contributed by atoms with Crippen molar-refractivity contribution in [3.63, 3.8) is 0 Å². The van der Waals surface area contributed by atoms with Crippen LogP contribution in [-0.2, 0) is 20.9 Å². The topological polar surface area (TPSA) is 103 Å². The average Bonchev–Trinajstić information content (AvgIpc) is 3.37. The Bertz CT molecular complexity index is 790. The number of aromatic nitrogens is 4. The van der Waals surface area contributed by atoms with Crippen molar-refractivity contribution in [3.8, 4) is 0 Å². The summed E-state index contributed by atoms with van der Waals surface area (Å²) < 4.78 is 11.6. The molecule has 1 aliphatic rings. The fourth-order valence-electron chi connectivity index (χ4n) is 2.26. The molecule has 1 fully saturated rings. The summed E-state index contributed by atoms with van der Waals surface area (Å²) in [5, 5.41) is 13.0. The van der Waals surface area contributed by atoms with E-state index in [-0.39, 0.29) is 5.91 Å². The third-order valence-corrected chi connectivity index (χ3v) is 5.56. The van der Waals surface area contributed by atoms with Gasteiger partial charge in [0.2, 0.25) is 11.1 Å². The van der Waals surface area contributed by atoms with Crippen LogP contribution in [0.3, 0.4) is 0 Å². The van der Waals surface area contributed by atoms with Gasteiger partial charge in [-0.3, -0.25) is 4.79 Å². The first-order valence-electron chi connectivity index (χ1n) is 7.81. The van der Waals surface area contributed by atoms with Gasteiger partial charge in [0, 0.05) is 12.3 Å². The quantitative estimate of drug-likeness (QED) is 0.284. The summed E-state index contributed by atoms with van der Waals surface area (Å²) in [5.41, 5.74) is 0. The van der Waals surface area contributed by atoms with Crippen molar-refractivity contribution in [2.24, 2.45) is 0 Å². The minimum absolute atomic E-state index is 0.00203. The van der Waals surface area contributed by atoms with Crippen LogP contribution in [0.4, 0.5) is 0 Å². The highest BCUT2D eigenvalue weighted by atomic mass is 32.2. The second kappa shape index (κ2) is 8.90. The normalized spacial score (nSPS) is 15.8. The van der Waals surface area contributed by atoms with E-state index in [1.54, 1.807) is 15.8 Å². The molecule has 0 atom stereocenters. The van der Waals surface area contributed by atoms with Crippen LogP contribution in [0.1, 0.15) is 12.2 Å². The number of carbonyl (C=O) groups excluding carboxylic acids is 2. The smallest absolute Gasteiger partial charge is 0.333 e. The number of hydrogen-bond donors (Lipinski definition) is 0. The van der Waals surface area contributed by atoms with Crippen LogP contribution in [0.2, 0.25) is 0 Å². The number of rotatable bonds is 8. The Morgan fingerprint density at radius 1 is 1.54 bits per heavy atom. The minimum Gasteiger partial charge on any atom is -0.467 e. The molecule has 138 valence electrons. The van der Waals surface area contributed by atoms with Crippen LogP contribution < -0.4 is 0 Å². The SMILES string of the molecule is COC(=O)/C=C1/SCC(=O)N1CCCSc1nnnn1Cc1ccco1. The molecular weight excluding hydrogens is 378 g/mol. The average molecular weight is 395 g/mol. The van der Waals surface area contributed by atoms with E-state index in [0.717, 1.165) is 17.9 Å². The zero-order chi connectivity index (χ0) is 18.4. The third-order valence-electron chi connectivity index (χ3n) is 3.50. The van der Waals surface area contributed by atoms with Gasteiger partial charge in [0.15, 0.2) is 0 Å². The second-order valence-corrected chi connectivity index (χ2v) is 7.30. The second-order valence-electron chi connectivity index (χ2n) is 5.24. The molecule has 2 aromatic heterocycles. The molecule has 3 heterocycles. The van der Waals surface area contributed by atoms with Gasteiger partial charge in [0.05, 0.1) is 30.2 Å². The number of carbonyl (C=O) groups is 2. The maximum Gasteiger partial charge on any atom is 0.333 e. The van der Waals surface area contributed by atoms with Gasteiger partial charge >= 0.3 is 5.97 Å². The molecule has 0 unspecified atom stereocenters. The summed E-state index contributed by atoms with van der Waals surface area (Å²) in [4.78, 5) is 25.0. The summed E-state index contributed by atoms with van der Waals surface area (Å²) in [6.45, 7) is 0.997. The van der Waals surface area contributed by atoms with Gasteiger partial charge < -0.3 is 14.1 Å². The van der Waals surface area contributed by atoms with E-state index in [2.05, 4.69) is 20.3 Å². The molecule has 0 saturated carbocycles. The molecule has 26 heavy (non-hydrogen) atoms. The predicted octanol–water partition coefficient (Wildman–Crippen LogP) is 1.39. The number of methoxy groups -OCH3 is 1. The third kappa shape index (κ3) is 4.67. The van der Waals surface area contributed by atoms with Gasteiger partial charge in [-0.25, -0.2) is 9.48 Å². The monoisotopic (exact) mass is 395 g/mol. The lowest BCUT2D eigenvalue weighted by molar-refractivity contribution is -0.134. The summed E-state index contributed by atoms with van der Waals surface area (Å²) in [5.74, 6) is 1.39. The molecule has 0 aromatic carbocycles. The highest BCUT2D eigenvalue weighted by Crippen LogP contribution is 2.29. The zero-order valence-electron chi connectivity index (χ0n) is 14.0. The number of nitrogens with zero attached hydrogens (tertiary/aromatic N) is 5. The summed E-state index contributed by atoms with van der Waals surface area (Å²) in [6.07, 6.45) is 3.70. The van der Waals surface area contributed by atoms with Crippen LogP contribution in [0.25, 0.3) is 0 Å². The van der Waals surface area contributed by atoms with Crippen molar-refractivity contribution in [1.29, 1.82) is 0 Å². The number of thioether (sulfide) groups is 2. The molecule has 9 nitrogen and oxygen atoms in total. The molecule has 11 heteroatoms. The van der Waals surface area contributed by atoms with Gasteiger partial charge in [0.25, 0.3) is 0 Å². The fourth-order valence-corrected chi connectivity index (χ4v) is 4.02. The van der Waals surface area contributed by atoms with E-state index in [0.29, 0.717) is 29.0 Å². The van der Waals surface area contributed by atoms with E-state index in [1.807, 2.05) is 12.1 Å².